The third kappa shape index (κ3) is 4.26. The van der Waals surface area contributed by atoms with Gasteiger partial charge in [-0.15, -0.1) is 0 Å². The molecular weight excluding hydrogens is 250 g/mol. The Morgan fingerprint density at radius 1 is 1.35 bits per heavy atom. The van der Waals surface area contributed by atoms with Gasteiger partial charge in [0.05, 0.1) is 12.5 Å². The summed E-state index contributed by atoms with van der Waals surface area (Å²) in [5, 5.41) is 0. The van der Waals surface area contributed by atoms with E-state index in [1.807, 2.05) is 43.0 Å². The first-order valence-electron chi connectivity index (χ1n) is 7.58. The van der Waals surface area contributed by atoms with E-state index < -0.39 is 0 Å². The van der Waals surface area contributed by atoms with Crippen molar-refractivity contribution in [3.63, 3.8) is 0 Å². The number of carbonyl (C=O) groups is 1. The van der Waals surface area contributed by atoms with Gasteiger partial charge >= 0.3 is 0 Å². The van der Waals surface area contributed by atoms with E-state index in [0.717, 1.165) is 30.8 Å². The lowest BCUT2D eigenvalue weighted by Crippen LogP contribution is -2.39. The molecule has 0 bridgehead atoms. The minimum Gasteiger partial charge on any atom is -0.491 e. The lowest BCUT2D eigenvalue weighted by Gasteiger charge is -2.31. The number of hydrogen-bond donors (Lipinski definition) is 0. The third-order valence-electron chi connectivity index (χ3n) is 3.66. The number of carbonyl (C=O) groups excluding carboxylic acids is 1. The van der Waals surface area contributed by atoms with Crippen LogP contribution >= 0.6 is 0 Å². The fraction of sp³-hybridized carbons (Fsp3) is 0.588. The lowest BCUT2D eigenvalue weighted by molar-refractivity contribution is -0.132. The Morgan fingerprint density at radius 3 is 2.65 bits per heavy atom. The van der Waals surface area contributed by atoms with E-state index in [1.54, 1.807) is 0 Å². The molecule has 3 nitrogen and oxygen atoms in total. The molecule has 0 aromatic heterocycles. The van der Waals surface area contributed by atoms with Gasteiger partial charge < -0.3 is 9.64 Å². The van der Waals surface area contributed by atoms with E-state index in [4.69, 9.17) is 4.74 Å². The number of nitrogens with zero attached hydrogens (tertiary/aromatic N) is 1. The van der Waals surface area contributed by atoms with E-state index in [9.17, 15) is 4.79 Å². The van der Waals surface area contributed by atoms with Crippen molar-refractivity contribution in [2.24, 2.45) is 5.92 Å². The topological polar surface area (TPSA) is 29.5 Å². The van der Waals surface area contributed by atoms with E-state index in [0.29, 0.717) is 12.3 Å². The van der Waals surface area contributed by atoms with Crippen LogP contribution in [0.3, 0.4) is 0 Å². The quantitative estimate of drug-likeness (QED) is 0.844. The average molecular weight is 275 g/mol. The number of hydrogen-bond acceptors (Lipinski definition) is 2. The highest BCUT2D eigenvalue weighted by atomic mass is 16.5. The molecule has 0 N–H and O–H groups in total. The minimum atomic E-state index is 0.178. The van der Waals surface area contributed by atoms with Gasteiger partial charge in [0.2, 0.25) is 5.91 Å². The van der Waals surface area contributed by atoms with Crippen molar-refractivity contribution in [1.82, 2.24) is 4.90 Å². The SMILES string of the molecule is CC1CCCN(C(=O)Cc2ccc(OC(C)C)cc2)C1. The van der Waals surface area contributed by atoms with Crippen LogP contribution in [-0.4, -0.2) is 30.0 Å². The van der Waals surface area contributed by atoms with Crippen LogP contribution in [0.15, 0.2) is 24.3 Å². The molecule has 1 aromatic carbocycles. The van der Waals surface area contributed by atoms with Gasteiger partial charge in [-0.25, -0.2) is 0 Å². The lowest BCUT2D eigenvalue weighted by atomic mass is 9.99. The molecule has 2 rings (SSSR count). The Labute approximate surface area is 121 Å². The molecule has 20 heavy (non-hydrogen) atoms. The Bertz CT molecular complexity index is 439. The highest BCUT2D eigenvalue weighted by Crippen LogP contribution is 2.18. The summed E-state index contributed by atoms with van der Waals surface area (Å²) in [5.41, 5.74) is 1.06. The molecule has 1 atom stereocenters. The van der Waals surface area contributed by atoms with Gasteiger partial charge in [0.25, 0.3) is 0 Å². The summed E-state index contributed by atoms with van der Waals surface area (Å²) < 4.78 is 5.61. The normalized spacial score (nSPS) is 19.2. The number of piperidine rings is 1. The van der Waals surface area contributed by atoms with Crippen molar-refractivity contribution >= 4 is 5.91 Å². The molecule has 110 valence electrons. The molecule has 1 aliphatic rings. The summed E-state index contributed by atoms with van der Waals surface area (Å²) in [5.74, 6) is 1.74. The second-order valence-electron chi connectivity index (χ2n) is 6.07. The van der Waals surface area contributed by atoms with Crippen molar-refractivity contribution < 1.29 is 9.53 Å². The molecule has 1 aromatic rings. The van der Waals surface area contributed by atoms with Gasteiger partial charge in [-0.05, 0) is 50.3 Å². The molecule has 3 heteroatoms. The maximum atomic E-state index is 12.3. The van der Waals surface area contributed by atoms with Crippen LogP contribution in [-0.2, 0) is 11.2 Å². The van der Waals surface area contributed by atoms with Gasteiger partial charge in [-0.3, -0.25) is 4.79 Å². The zero-order valence-corrected chi connectivity index (χ0v) is 12.8. The number of benzene rings is 1. The number of amides is 1. The van der Waals surface area contributed by atoms with E-state index in [-0.39, 0.29) is 12.0 Å². The maximum Gasteiger partial charge on any atom is 0.226 e. The van der Waals surface area contributed by atoms with Gasteiger partial charge in [-0.2, -0.15) is 0 Å². The van der Waals surface area contributed by atoms with Crippen LogP contribution in [0.1, 0.15) is 39.2 Å². The van der Waals surface area contributed by atoms with E-state index >= 15 is 0 Å². The smallest absolute Gasteiger partial charge is 0.226 e. The average Bonchev–Trinajstić information content (AvgIpc) is 2.40. The van der Waals surface area contributed by atoms with Gasteiger partial charge in [0, 0.05) is 13.1 Å². The van der Waals surface area contributed by atoms with Crippen molar-refractivity contribution in [3.8, 4) is 5.75 Å². The molecule has 0 spiro atoms. The molecule has 1 saturated heterocycles. The van der Waals surface area contributed by atoms with Crippen LogP contribution in [0.5, 0.6) is 5.75 Å². The molecule has 0 aliphatic carbocycles. The van der Waals surface area contributed by atoms with Crippen LogP contribution < -0.4 is 4.74 Å². The molecule has 0 saturated carbocycles. The highest BCUT2D eigenvalue weighted by molar-refractivity contribution is 5.78. The zero-order valence-electron chi connectivity index (χ0n) is 12.8. The summed E-state index contributed by atoms with van der Waals surface area (Å²) in [6, 6.07) is 7.87. The van der Waals surface area contributed by atoms with Crippen LogP contribution in [0.2, 0.25) is 0 Å². The fourth-order valence-corrected chi connectivity index (χ4v) is 2.66. The van der Waals surface area contributed by atoms with Crippen LogP contribution in [0.25, 0.3) is 0 Å². The first kappa shape index (κ1) is 14.9. The molecule has 1 amide bonds. The second-order valence-corrected chi connectivity index (χ2v) is 6.07. The van der Waals surface area contributed by atoms with Crippen molar-refractivity contribution in [2.75, 3.05) is 13.1 Å². The molecular formula is C17H25NO2. The summed E-state index contributed by atoms with van der Waals surface area (Å²) in [6.07, 6.45) is 3.05. The molecule has 0 radical (unpaired) electrons. The fourth-order valence-electron chi connectivity index (χ4n) is 2.66. The van der Waals surface area contributed by atoms with Gasteiger partial charge in [0.1, 0.15) is 5.75 Å². The Balaban J connectivity index is 1.90. The second kappa shape index (κ2) is 6.78. The zero-order chi connectivity index (χ0) is 14.5. The van der Waals surface area contributed by atoms with Crippen LogP contribution in [0.4, 0.5) is 0 Å². The summed E-state index contributed by atoms with van der Waals surface area (Å²) >= 11 is 0. The highest BCUT2D eigenvalue weighted by Gasteiger charge is 2.20. The summed E-state index contributed by atoms with van der Waals surface area (Å²) in [4.78, 5) is 14.3. The van der Waals surface area contributed by atoms with Crippen LogP contribution in [0, 0.1) is 5.92 Å². The standard InChI is InChI=1S/C17H25NO2/c1-13(2)20-16-8-6-15(7-9-16)11-17(19)18-10-4-5-14(3)12-18/h6-9,13-14H,4-5,10-12H2,1-3H3. The van der Waals surface area contributed by atoms with E-state index in [2.05, 4.69) is 6.92 Å². The van der Waals surface area contributed by atoms with Crippen molar-refractivity contribution in [2.45, 2.75) is 46.1 Å². The summed E-state index contributed by atoms with van der Waals surface area (Å²) in [6.45, 7) is 8.06. The monoisotopic (exact) mass is 275 g/mol. The molecule has 1 unspecified atom stereocenters. The number of likely N-dealkylation sites (tertiary alicyclic amines) is 1. The van der Waals surface area contributed by atoms with Crippen molar-refractivity contribution in [1.29, 1.82) is 0 Å². The number of ether oxygens (including phenoxy) is 1. The van der Waals surface area contributed by atoms with Gasteiger partial charge in [-0.1, -0.05) is 19.1 Å². The molecule has 1 heterocycles. The molecule has 1 aliphatic heterocycles. The largest absolute Gasteiger partial charge is 0.491 e. The Kier molecular flexibility index (Phi) is 5.05. The molecule has 1 fully saturated rings. The first-order valence-corrected chi connectivity index (χ1v) is 7.58. The number of rotatable bonds is 4. The predicted molar refractivity (Wildman–Crippen MR) is 80.9 cm³/mol. The van der Waals surface area contributed by atoms with E-state index in [1.165, 1.54) is 6.42 Å². The third-order valence-corrected chi connectivity index (χ3v) is 3.66. The Hall–Kier alpha value is -1.51. The Morgan fingerprint density at radius 2 is 2.05 bits per heavy atom. The van der Waals surface area contributed by atoms with Gasteiger partial charge in [0.15, 0.2) is 0 Å². The minimum absolute atomic E-state index is 0.178. The summed E-state index contributed by atoms with van der Waals surface area (Å²) in [7, 11) is 0. The van der Waals surface area contributed by atoms with Crippen molar-refractivity contribution in [3.05, 3.63) is 29.8 Å². The maximum absolute atomic E-state index is 12.3. The predicted octanol–water partition coefficient (Wildman–Crippen LogP) is 3.27. The first-order chi connectivity index (χ1) is 9.54.